The molecule has 5 rings (SSSR count). The van der Waals surface area contributed by atoms with E-state index < -0.39 is 0 Å². The lowest BCUT2D eigenvalue weighted by atomic mass is 9.97. The van der Waals surface area contributed by atoms with Gasteiger partial charge in [-0.15, -0.1) is 11.3 Å². The topological polar surface area (TPSA) is 117 Å². The van der Waals surface area contributed by atoms with Crippen LogP contribution in [0.4, 0.5) is 0 Å². The van der Waals surface area contributed by atoms with Crippen LogP contribution in [-0.2, 0) is 11.3 Å². The molecule has 4 aromatic rings. The number of methoxy groups -OCH3 is 1. The van der Waals surface area contributed by atoms with Crippen molar-refractivity contribution >= 4 is 40.0 Å². The predicted molar refractivity (Wildman–Crippen MR) is 144 cm³/mol. The highest BCUT2D eigenvalue weighted by Crippen LogP contribution is 2.30. The number of fused-ring (bicyclic) bond motifs is 1. The molecule has 9 nitrogen and oxygen atoms in total. The minimum atomic E-state index is -0.234. The first kappa shape index (κ1) is 25.6. The largest absolute Gasteiger partial charge is 0.497 e. The number of amides is 2. The van der Waals surface area contributed by atoms with Crippen molar-refractivity contribution < 1.29 is 19.1 Å². The zero-order chi connectivity index (χ0) is 26.5. The van der Waals surface area contributed by atoms with Gasteiger partial charge in [-0.2, -0.15) is 0 Å². The van der Waals surface area contributed by atoms with Crippen molar-refractivity contribution in [2.24, 2.45) is 0 Å². The van der Waals surface area contributed by atoms with Crippen LogP contribution in [0.2, 0.25) is 0 Å². The molecule has 1 aliphatic rings. The summed E-state index contributed by atoms with van der Waals surface area (Å²) in [7, 11) is 1.58. The summed E-state index contributed by atoms with van der Waals surface area (Å²) in [5.74, 6) is 1.30. The molecule has 0 unspecified atom stereocenters. The Morgan fingerprint density at radius 3 is 2.55 bits per heavy atom. The zero-order valence-electron chi connectivity index (χ0n) is 21.1. The van der Waals surface area contributed by atoms with Crippen molar-refractivity contribution in [3.05, 3.63) is 76.0 Å². The number of rotatable bonds is 9. The van der Waals surface area contributed by atoms with Gasteiger partial charge in [0.25, 0.3) is 5.91 Å². The Labute approximate surface area is 224 Å². The molecule has 2 N–H and O–H groups in total. The van der Waals surface area contributed by atoms with Crippen LogP contribution in [0.5, 0.6) is 5.75 Å². The molecular weight excluding hydrogens is 502 g/mol. The van der Waals surface area contributed by atoms with E-state index in [1.54, 1.807) is 36.8 Å². The number of imidazole rings is 1. The van der Waals surface area contributed by atoms with Crippen molar-refractivity contribution in [3.63, 3.8) is 0 Å². The number of aromatic amines is 1. The van der Waals surface area contributed by atoms with Crippen LogP contribution in [0.25, 0.3) is 11.0 Å². The summed E-state index contributed by atoms with van der Waals surface area (Å²) >= 11 is 1.48. The number of Topliss-reactive ketones (excluding diaryl/α,β-unsaturated/α-hetero) is 1. The first-order chi connectivity index (χ1) is 18.5. The Bertz CT molecular complexity index is 1400. The molecular formula is C28H29N5O4S. The van der Waals surface area contributed by atoms with E-state index >= 15 is 0 Å². The van der Waals surface area contributed by atoms with E-state index in [1.165, 1.54) is 11.3 Å². The molecule has 196 valence electrons. The molecule has 0 spiro atoms. The third-order valence-electron chi connectivity index (χ3n) is 6.78. The molecule has 1 saturated heterocycles. The molecule has 3 heterocycles. The maximum absolute atomic E-state index is 12.7. The van der Waals surface area contributed by atoms with E-state index in [4.69, 9.17) is 4.74 Å². The predicted octanol–water partition coefficient (Wildman–Crippen LogP) is 4.33. The molecule has 2 amide bonds. The number of benzene rings is 2. The second-order valence-corrected chi connectivity index (χ2v) is 10.2. The van der Waals surface area contributed by atoms with Gasteiger partial charge in [0, 0.05) is 42.8 Å². The summed E-state index contributed by atoms with van der Waals surface area (Å²) in [6.45, 7) is 1.53. The minimum Gasteiger partial charge on any atom is -0.497 e. The molecule has 0 saturated carbocycles. The molecule has 10 heteroatoms. The number of piperidine rings is 1. The summed E-state index contributed by atoms with van der Waals surface area (Å²) in [4.78, 5) is 51.9. The average molecular weight is 532 g/mol. The van der Waals surface area contributed by atoms with Crippen molar-refractivity contribution in [1.29, 1.82) is 0 Å². The molecule has 0 atom stereocenters. The monoisotopic (exact) mass is 531 g/mol. The SMILES string of the molecule is COc1ccc(C(=O)CCC(=O)N2CCC(c3nc(C(=O)NCc4nc5ccccc5[nH]4)cs3)CC2)cc1. The second-order valence-electron chi connectivity index (χ2n) is 9.26. The number of ketones is 1. The maximum Gasteiger partial charge on any atom is 0.271 e. The maximum atomic E-state index is 12.7. The highest BCUT2D eigenvalue weighted by molar-refractivity contribution is 7.09. The van der Waals surface area contributed by atoms with E-state index in [2.05, 4.69) is 20.3 Å². The molecule has 38 heavy (non-hydrogen) atoms. The molecule has 1 aliphatic heterocycles. The van der Waals surface area contributed by atoms with Crippen molar-refractivity contribution in [2.75, 3.05) is 20.2 Å². The summed E-state index contributed by atoms with van der Waals surface area (Å²) in [5, 5.41) is 5.58. The number of likely N-dealkylation sites (tertiary alicyclic amines) is 1. The van der Waals surface area contributed by atoms with E-state index in [9.17, 15) is 14.4 Å². The standard InChI is InChI=1S/C28H29N5O4S/c1-37-20-8-6-18(7-9-20)24(34)10-11-26(35)33-14-12-19(13-15-33)28-32-23(17-38-28)27(36)29-16-25-30-21-4-2-3-5-22(21)31-25/h2-9,17,19H,10-16H2,1H3,(H,29,36)(H,30,31). The van der Waals surface area contributed by atoms with Crippen LogP contribution in [0.15, 0.2) is 53.9 Å². The Balaban J connectivity index is 1.07. The lowest BCUT2D eigenvalue weighted by Gasteiger charge is -2.31. The zero-order valence-corrected chi connectivity index (χ0v) is 21.9. The fourth-order valence-corrected chi connectivity index (χ4v) is 5.57. The van der Waals surface area contributed by atoms with E-state index in [0.29, 0.717) is 42.5 Å². The van der Waals surface area contributed by atoms with Gasteiger partial charge in [-0.3, -0.25) is 14.4 Å². The number of ether oxygens (including phenoxy) is 1. The Morgan fingerprint density at radius 1 is 1.05 bits per heavy atom. The van der Waals surface area contributed by atoms with Crippen LogP contribution < -0.4 is 10.1 Å². The second kappa shape index (κ2) is 11.6. The van der Waals surface area contributed by atoms with Crippen LogP contribution in [0, 0.1) is 0 Å². The third-order valence-corrected chi connectivity index (χ3v) is 7.79. The lowest BCUT2D eigenvalue weighted by molar-refractivity contribution is -0.132. The van der Waals surface area contributed by atoms with Crippen molar-refractivity contribution in [2.45, 2.75) is 38.1 Å². The molecule has 0 radical (unpaired) electrons. The van der Waals surface area contributed by atoms with Crippen molar-refractivity contribution in [3.8, 4) is 5.75 Å². The van der Waals surface area contributed by atoms with E-state index in [1.807, 2.05) is 29.2 Å². The van der Waals surface area contributed by atoms with Gasteiger partial charge in [0.2, 0.25) is 5.91 Å². The van der Waals surface area contributed by atoms with Crippen LogP contribution >= 0.6 is 11.3 Å². The van der Waals surface area contributed by atoms with E-state index in [-0.39, 0.29) is 36.4 Å². The van der Waals surface area contributed by atoms with Crippen LogP contribution in [0.3, 0.4) is 0 Å². The number of hydrogen-bond acceptors (Lipinski definition) is 7. The number of hydrogen-bond donors (Lipinski definition) is 2. The number of nitrogens with one attached hydrogen (secondary N) is 2. The minimum absolute atomic E-state index is 0.00453. The Morgan fingerprint density at radius 2 is 1.82 bits per heavy atom. The Kier molecular flexibility index (Phi) is 7.78. The molecule has 2 aromatic heterocycles. The van der Waals surface area contributed by atoms with Gasteiger partial charge in [-0.1, -0.05) is 12.1 Å². The molecule has 0 aliphatic carbocycles. The van der Waals surface area contributed by atoms with Gasteiger partial charge in [0.15, 0.2) is 5.78 Å². The fourth-order valence-electron chi connectivity index (χ4n) is 4.60. The third kappa shape index (κ3) is 5.91. The molecule has 2 aromatic carbocycles. The van der Waals surface area contributed by atoms with Crippen LogP contribution in [-0.4, -0.2) is 57.6 Å². The van der Waals surface area contributed by atoms with Crippen LogP contribution in [0.1, 0.15) is 63.3 Å². The number of nitrogens with zero attached hydrogens (tertiary/aromatic N) is 3. The molecule has 0 bridgehead atoms. The summed E-state index contributed by atoms with van der Waals surface area (Å²) in [5.41, 5.74) is 2.78. The number of H-pyrrole nitrogens is 1. The quantitative estimate of drug-likeness (QED) is 0.311. The smallest absolute Gasteiger partial charge is 0.271 e. The number of aromatic nitrogens is 3. The number of thiazole rings is 1. The van der Waals surface area contributed by atoms with Gasteiger partial charge in [0.1, 0.15) is 17.3 Å². The number of para-hydroxylation sites is 2. The lowest BCUT2D eigenvalue weighted by Crippen LogP contribution is -2.38. The summed E-state index contributed by atoms with van der Waals surface area (Å²) in [6, 6.07) is 14.7. The van der Waals surface area contributed by atoms with Gasteiger partial charge in [-0.05, 0) is 49.2 Å². The Hall–Kier alpha value is -4.05. The average Bonchev–Trinajstić information content (AvgIpc) is 3.62. The van der Waals surface area contributed by atoms with Gasteiger partial charge >= 0.3 is 0 Å². The first-order valence-corrected chi connectivity index (χ1v) is 13.5. The highest BCUT2D eigenvalue weighted by atomic mass is 32.1. The van der Waals surface area contributed by atoms with Gasteiger partial charge < -0.3 is 19.9 Å². The fraction of sp³-hybridized carbons (Fsp3) is 0.321. The van der Waals surface area contributed by atoms with E-state index in [0.717, 1.165) is 28.9 Å². The normalized spacial score (nSPS) is 14.0. The highest BCUT2D eigenvalue weighted by Gasteiger charge is 2.26. The summed E-state index contributed by atoms with van der Waals surface area (Å²) < 4.78 is 5.12. The van der Waals surface area contributed by atoms with Gasteiger partial charge in [-0.25, -0.2) is 9.97 Å². The number of carbonyl (C=O) groups excluding carboxylic acids is 3. The number of carbonyl (C=O) groups is 3. The first-order valence-electron chi connectivity index (χ1n) is 12.6. The van der Waals surface area contributed by atoms with Gasteiger partial charge in [0.05, 0.1) is 29.7 Å². The molecule has 1 fully saturated rings. The summed E-state index contributed by atoms with van der Waals surface area (Å²) in [6.07, 6.45) is 1.95. The van der Waals surface area contributed by atoms with Crippen molar-refractivity contribution in [1.82, 2.24) is 25.2 Å².